The van der Waals surface area contributed by atoms with Crippen LogP contribution in [-0.2, 0) is 0 Å². The molecule has 0 saturated heterocycles. The van der Waals surface area contributed by atoms with Crippen LogP contribution in [0.1, 0.15) is 11.7 Å². The number of imidazole rings is 1. The van der Waals surface area contributed by atoms with Crippen LogP contribution in [0.3, 0.4) is 0 Å². The predicted molar refractivity (Wildman–Crippen MR) is 134 cm³/mol. The van der Waals surface area contributed by atoms with Gasteiger partial charge in [0.1, 0.15) is 0 Å². The van der Waals surface area contributed by atoms with E-state index in [2.05, 4.69) is 98.6 Å². The number of nitrogens with one attached hydrogen (secondary N) is 1. The van der Waals surface area contributed by atoms with Gasteiger partial charge < -0.3 is 10.6 Å². The maximum Gasteiger partial charge on any atom is 0.212 e. The van der Waals surface area contributed by atoms with Gasteiger partial charge in [-0.05, 0) is 54.1 Å². The smallest absolute Gasteiger partial charge is 0.212 e. The van der Waals surface area contributed by atoms with Gasteiger partial charge in [0.05, 0.1) is 11.0 Å². The van der Waals surface area contributed by atoms with E-state index in [0.29, 0.717) is 11.9 Å². The normalized spacial score (nSPS) is 14.9. The molecule has 1 aliphatic heterocycles. The standard InChI is InChI=1S/C27H22N6/c28-26-30-25(33-24-14-8-7-13-23(24)29-27(33)31-26)19-15-17-22(18-16-19)32(20-9-3-1-4-10-20)21-11-5-2-6-12-21/h1-18,25H,(H3,28,29,30,31)/t25-/m1/s1. The molecule has 0 radical (unpaired) electrons. The third-order valence-corrected chi connectivity index (χ3v) is 5.82. The van der Waals surface area contributed by atoms with Gasteiger partial charge in [-0.2, -0.15) is 0 Å². The topological polar surface area (TPSA) is 71.5 Å². The van der Waals surface area contributed by atoms with Crippen LogP contribution in [0.15, 0.2) is 114 Å². The van der Waals surface area contributed by atoms with E-state index in [0.717, 1.165) is 33.7 Å². The quantitative estimate of drug-likeness (QED) is 0.378. The molecule has 1 aliphatic rings. The zero-order valence-corrected chi connectivity index (χ0v) is 17.8. The van der Waals surface area contributed by atoms with E-state index in [1.54, 1.807) is 0 Å². The number of anilines is 4. The van der Waals surface area contributed by atoms with Crippen LogP contribution in [0.4, 0.5) is 23.0 Å². The van der Waals surface area contributed by atoms with Crippen LogP contribution in [0.2, 0.25) is 0 Å². The number of hydrogen-bond donors (Lipinski definition) is 2. The first-order valence-corrected chi connectivity index (χ1v) is 10.9. The highest BCUT2D eigenvalue weighted by Gasteiger charge is 2.25. The van der Waals surface area contributed by atoms with Gasteiger partial charge in [-0.3, -0.25) is 9.88 Å². The Kier molecular flexibility index (Phi) is 4.54. The number of rotatable bonds is 4. The van der Waals surface area contributed by atoms with Crippen molar-refractivity contribution in [2.45, 2.75) is 6.17 Å². The third kappa shape index (κ3) is 3.38. The Morgan fingerprint density at radius 2 is 1.27 bits per heavy atom. The van der Waals surface area contributed by atoms with E-state index in [9.17, 15) is 0 Å². The largest absolute Gasteiger partial charge is 0.370 e. The fraction of sp³-hybridized carbons (Fsp3) is 0.0370. The van der Waals surface area contributed by atoms with Crippen LogP contribution < -0.4 is 16.0 Å². The molecule has 0 unspecified atom stereocenters. The lowest BCUT2D eigenvalue weighted by atomic mass is 10.1. The van der Waals surface area contributed by atoms with E-state index in [4.69, 9.17) is 10.7 Å². The number of hydrogen-bond acceptors (Lipinski definition) is 5. The molecule has 1 atom stereocenters. The van der Waals surface area contributed by atoms with E-state index in [1.165, 1.54) is 0 Å². The van der Waals surface area contributed by atoms with Crippen molar-refractivity contribution in [2.24, 2.45) is 10.7 Å². The van der Waals surface area contributed by atoms with E-state index < -0.39 is 0 Å². The molecule has 33 heavy (non-hydrogen) atoms. The Morgan fingerprint density at radius 3 is 1.94 bits per heavy atom. The van der Waals surface area contributed by atoms with Crippen molar-refractivity contribution in [3.8, 4) is 0 Å². The molecule has 4 aromatic carbocycles. The molecule has 160 valence electrons. The summed E-state index contributed by atoms with van der Waals surface area (Å²) in [4.78, 5) is 11.6. The Balaban J connectivity index is 1.43. The molecule has 5 aromatic rings. The molecular weight excluding hydrogens is 408 g/mol. The molecule has 6 nitrogen and oxygen atoms in total. The van der Waals surface area contributed by atoms with Crippen molar-refractivity contribution in [3.05, 3.63) is 115 Å². The maximum absolute atomic E-state index is 6.11. The van der Waals surface area contributed by atoms with Gasteiger partial charge in [-0.25, -0.2) is 9.98 Å². The second-order valence-corrected chi connectivity index (χ2v) is 7.91. The monoisotopic (exact) mass is 430 g/mol. The van der Waals surface area contributed by atoms with Gasteiger partial charge in [-0.15, -0.1) is 0 Å². The molecule has 3 N–H and O–H groups in total. The number of benzene rings is 4. The highest BCUT2D eigenvalue weighted by atomic mass is 15.4. The van der Waals surface area contributed by atoms with Crippen molar-refractivity contribution in [2.75, 3.05) is 10.2 Å². The Bertz CT molecular complexity index is 1400. The lowest BCUT2D eigenvalue weighted by molar-refractivity contribution is 0.626. The molecule has 0 amide bonds. The van der Waals surface area contributed by atoms with E-state index >= 15 is 0 Å². The summed E-state index contributed by atoms with van der Waals surface area (Å²) in [5.74, 6) is 1.06. The van der Waals surface area contributed by atoms with Crippen molar-refractivity contribution in [1.82, 2.24) is 9.55 Å². The summed E-state index contributed by atoms with van der Waals surface area (Å²) in [6.45, 7) is 0. The molecule has 6 rings (SSSR count). The predicted octanol–water partition coefficient (Wildman–Crippen LogP) is 5.79. The Morgan fingerprint density at radius 1 is 0.697 bits per heavy atom. The van der Waals surface area contributed by atoms with Gasteiger partial charge in [-0.1, -0.05) is 60.7 Å². The van der Waals surface area contributed by atoms with Gasteiger partial charge in [0.15, 0.2) is 12.1 Å². The highest BCUT2D eigenvalue weighted by Crippen LogP contribution is 2.37. The molecule has 6 heteroatoms. The molecule has 0 aliphatic carbocycles. The third-order valence-electron chi connectivity index (χ3n) is 5.82. The molecule has 2 heterocycles. The van der Waals surface area contributed by atoms with Crippen LogP contribution >= 0.6 is 0 Å². The van der Waals surface area contributed by atoms with Gasteiger partial charge in [0.25, 0.3) is 0 Å². The van der Waals surface area contributed by atoms with Crippen molar-refractivity contribution in [3.63, 3.8) is 0 Å². The second kappa shape index (κ2) is 7.84. The van der Waals surface area contributed by atoms with Gasteiger partial charge in [0.2, 0.25) is 5.95 Å². The molecular formula is C27H22N6. The van der Waals surface area contributed by atoms with Crippen molar-refractivity contribution in [1.29, 1.82) is 0 Å². The summed E-state index contributed by atoms with van der Waals surface area (Å²) in [7, 11) is 0. The lowest BCUT2D eigenvalue weighted by Gasteiger charge is -2.27. The van der Waals surface area contributed by atoms with E-state index in [-0.39, 0.29) is 6.17 Å². The summed E-state index contributed by atoms with van der Waals surface area (Å²) in [5.41, 5.74) is 12.3. The number of aromatic nitrogens is 2. The first-order chi connectivity index (χ1) is 16.3. The summed E-state index contributed by atoms with van der Waals surface area (Å²) in [5, 5.41) is 3.09. The summed E-state index contributed by atoms with van der Waals surface area (Å²) in [6, 6.07) is 37.2. The number of nitrogens with two attached hydrogens (primary N) is 1. The molecule has 0 saturated carbocycles. The van der Waals surface area contributed by atoms with Crippen LogP contribution in [-0.4, -0.2) is 15.5 Å². The van der Waals surface area contributed by atoms with Crippen LogP contribution in [0.5, 0.6) is 0 Å². The van der Waals surface area contributed by atoms with Crippen LogP contribution in [0.25, 0.3) is 11.0 Å². The highest BCUT2D eigenvalue weighted by molar-refractivity contribution is 5.94. The average Bonchev–Trinajstić information content (AvgIpc) is 3.24. The number of guanidine groups is 1. The SMILES string of the molecule is NC1=N[C@@H](c2ccc(N(c3ccccc3)c3ccccc3)cc2)n2c(nc3ccccc32)N1. The maximum atomic E-state index is 6.11. The average molecular weight is 431 g/mol. The number of para-hydroxylation sites is 4. The van der Waals surface area contributed by atoms with E-state index in [1.807, 2.05) is 30.3 Å². The first-order valence-electron chi connectivity index (χ1n) is 10.9. The first kappa shape index (κ1) is 19.1. The minimum atomic E-state index is -0.287. The molecule has 0 fully saturated rings. The fourth-order valence-corrected chi connectivity index (χ4v) is 4.34. The zero-order chi connectivity index (χ0) is 22.2. The summed E-state index contributed by atoms with van der Waals surface area (Å²) < 4.78 is 2.09. The molecule has 1 aromatic heterocycles. The minimum absolute atomic E-state index is 0.287. The fourth-order valence-electron chi connectivity index (χ4n) is 4.34. The van der Waals surface area contributed by atoms with Gasteiger partial charge >= 0.3 is 0 Å². The number of fused-ring (bicyclic) bond motifs is 3. The second-order valence-electron chi connectivity index (χ2n) is 7.91. The Labute approximate surface area is 191 Å². The van der Waals surface area contributed by atoms with Crippen LogP contribution in [0, 0.1) is 0 Å². The molecule has 0 bridgehead atoms. The molecule has 0 spiro atoms. The van der Waals surface area contributed by atoms with Gasteiger partial charge in [0, 0.05) is 17.1 Å². The Hall–Kier alpha value is -4.58. The summed E-state index contributed by atoms with van der Waals surface area (Å²) in [6.07, 6.45) is -0.287. The van der Waals surface area contributed by atoms with Crippen molar-refractivity contribution >= 4 is 40.0 Å². The van der Waals surface area contributed by atoms with Crippen molar-refractivity contribution < 1.29 is 0 Å². The number of nitrogens with zero attached hydrogens (tertiary/aromatic N) is 4. The minimum Gasteiger partial charge on any atom is -0.370 e. The number of aliphatic imine (C=N–C) groups is 1. The zero-order valence-electron chi connectivity index (χ0n) is 17.8. The lowest BCUT2D eigenvalue weighted by Crippen LogP contribution is -2.31. The summed E-state index contributed by atoms with van der Waals surface area (Å²) >= 11 is 0.